The smallest absolute Gasteiger partial charge is 0.313 e. The van der Waals surface area contributed by atoms with Gasteiger partial charge in [0, 0.05) is 13.1 Å². The topological polar surface area (TPSA) is 121 Å². The van der Waals surface area contributed by atoms with Gasteiger partial charge < -0.3 is 19.7 Å². The minimum Gasteiger partial charge on any atom is -0.481 e. The van der Waals surface area contributed by atoms with Gasteiger partial charge in [-0.3, -0.25) is 9.59 Å². The minimum atomic E-state index is -0.980. The van der Waals surface area contributed by atoms with Crippen molar-refractivity contribution in [2.75, 3.05) is 23.3 Å². The Morgan fingerprint density at radius 3 is 2.59 bits per heavy atom. The van der Waals surface area contributed by atoms with Crippen LogP contribution in [-0.2, 0) is 11.2 Å². The normalized spacial score (nSPS) is 18.6. The molecule has 11 heteroatoms. The molecule has 3 aromatic rings. The first-order valence-corrected chi connectivity index (χ1v) is 10.8. The molecule has 1 atom stereocenters. The highest BCUT2D eigenvalue weighted by Crippen LogP contribution is 2.59. The number of piperidine rings is 1. The SMILES string of the molecule is O=C(Nc1ccc(N2CCC3(CC2)CC3C(=O)O)nc1)c1nnc(Cc2ccc(F)c(F)c2)o1. The van der Waals surface area contributed by atoms with Crippen LogP contribution in [0.2, 0.25) is 0 Å². The van der Waals surface area contributed by atoms with E-state index in [0.29, 0.717) is 11.3 Å². The van der Waals surface area contributed by atoms with Crippen LogP contribution in [0.5, 0.6) is 0 Å². The average molecular weight is 469 g/mol. The third kappa shape index (κ3) is 4.33. The summed E-state index contributed by atoms with van der Waals surface area (Å²) in [6.45, 7) is 1.48. The number of nitrogens with zero attached hydrogens (tertiary/aromatic N) is 4. The lowest BCUT2D eigenvalue weighted by molar-refractivity contribution is -0.139. The van der Waals surface area contributed by atoms with E-state index >= 15 is 0 Å². The van der Waals surface area contributed by atoms with E-state index in [1.807, 2.05) is 0 Å². The molecule has 0 radical (unpaired) electrons. The summed E-state index contributed by atoms with van der Waals surface area (Å²) in [6, 6.07) is 6.93. The van der Waals surface area contributed by atoms with Gasteiger partial charge in [0.15, 0.2) is 11.6 Å². The van der Waals surface area contributed by atoms with Crippen LogP contribution in [0.25, 0.3) is 0 Å². The standard InChI is InChI=1S/C23H21F2N5O4/c24-16-3-1-13(9-17(16)25)10-19-28-29-21(34-19)20(31)27-14-2-4-18(26-12-14)30-7-5-23(6-8-30)11-15(23)22(32)33/h1-4,9,12,15H,5-8,10-11H2,(H,27,31)(H,32,33). The lowest BCUT2D eigenvalue weighted by atomic mass is 9.91. The Labute approximate surface area is 192 Å². The molecule has 1 aliphatic heterocycles. The molecule has 2 fully saturated rings. The van der Waals surface area contributed by atoms with Crippen LogP contribution in [0, 0.1) is 23.0 Å². The lowest BCUT2D eigenvalue weighted by Gasteiger charge is -2.33. The highest BCUT2D eigenvalue weighted by molar-refractivity contribution is 6.00. The first kappa shape index (κ1) is 21.9. The molecule has 2 aliphatic rings. The molecule has 1 aromatic carbocycles. The number of rotatable bonds is 6. The van der Waals surface area contributed by atoms with Crippen LogP contribution in [0.1, 0.15) is 41.4 Å². The van der Waals surface area contributed by atoms with E-state index in [0.717, 1.165) is 50.3 Å². The van der Waals surface area contributed by atoms with Gasteiger partial charge in [0.25, 0.3) is 0 Å². The zero-order valence-electron chi connectivity index (χ0n) is 18.0. The molecular weight excluding hydrogens is 448 g/mol. The average Bonchev–Trinajstić information content (AvgIpc) is 3.32. The number of anilines is 2. The molecule has 176 valence electrons. The second-order valence-corrected chi connectivity index (χ2v) is 8.73. The zero-order chi connectivity index (χ0) is 23.9. The van der Waals surface area contributed by atoms with E-state index in [1.54, 1.807) is 12.1 Å². The van der Waals surface area contributed by atoms with Crippen LogP contribution in [0.15, 0.2) is 40.9 Å². The number of amides is 1. The van der Waals surface area contributed by atoms with E-state index in [9.17, 15) is 23.5 Å². The van der Waals surface area contributed by atoms with Crippen LogP contribution >= 0.6 is 0 Å². The first-order chi connectivity index (χ1) is 16.3. The van der Waals surface area contributed by atoms with Crippen molar-refractivity contribution in [2.24, 2.45) is 11.3 Å². The highest BCUT2D eigenvalue weighted by Gasteiger charge is 2.58. The zero-order valence-corrected chi connectivity index (χ0v) is 18.0. The number of aromatic nitrogens is 3. The van der Waals surface area contributed by atoms with Gasteiger partial charge in [-0.2, -0.15) is 0 Å². The summed E-state index contributed by atoms with van der Waals surface area (Å²) >= 11 is 0. The number of benzene rings is 1. The Morgan fingerprint density at radius 2 is 1.94 bits per heavy atom. The molecule has 34 heavy (non-hydrogen) atoms. The number of hydrogen-bond acceptors (Lipinski definition) is 7. The number of hydrogen-bond donors (Lipinski definition) is 2. The van der Waals surface area contributed by atoms with Gasteiger partial charge >= 0.3 is 17.8 Å². The van der Waals surface area contributed by atoms with E-state index in [4.69, 9.17) is 4.42 Å². The highest BCUT2D eigenvalue weighted by atomic mass is 19.2. The molecule has 1 aliphatic carbocycles. The Bertz CT molecular complexity index is 1240. The van der Waals surface area contributed by atoms with Gasteiger partial charge in [0.2, 0.25) is 5.89 Å². The third-order valence-corrected chi connectivity index (χ3v) is 6.58. The summed E-state index contributed by atoms with van der Waals surface area (Å²) in [4.78, 5) is 30.2. The fourth-order valence-electron chi connectivity index (χ4n) is 4.50. The molecule has 1 saturated heterocycles. The maximum Gasteiger partial charge on any atom is 0.313 e. The summed E-state index contributed by atoms with van der Waals surface area (Å²) in [5.74, 6) is -2.89. The van der Waals surface area contributed by atoms with Crippen molar-refractivity contribution >= 4 is 23.4 Å². The summed E-state index contributed by atoms with van der Waals surface area (Å²) in [6.07, 6.45) is 3.99. The van der Waals surface area contributed by atoms with Crippen molar-refractivity contribution < 1.29 is 27.9 Å². The fraction of sp³-hybridized carbons (Fsp3) is 0.348. The molecule has 0 bridgehead atoms. The maximum atomic E-state index is 13.4. The number of carbonyl (C=O) groups is 2. The maximum absolute atomic E-state index is 13.4. The summed E-state index contributed by atoms with van der Waals surface area (Å²) in [5.41, 5.74) is 0.818. The molecule has 2 N–H and O–H groups in total. The number of aliphatic carboxylic acids is 1. The minimum absolute atomic E-state index is 0.0515. The Balaban J connectivity index is 1.16. The number of carboxylic acid groups (broad SMARTS) is 1. The van der Waals surface area contributed by atoms with E-state index in [2.05, 4.69) is 25.4 Å². The van der Waals surface area contributed by atoms with Crippen molar-refractivity contribution in [3.8, 4) is 0 Å². The van der Waals surface area contributed by atoms with Crippen molar-refractivity contribution in [1.29, 1.82) is 0 Å². The molecule has 1 spiro atoms. The van der Waals surface area contributed by atoms with E-state index in [1.165, 1.54) is 12.3 Å². The molecule has 1 amide bonds. The van der Waals surface area contributed by atoms with Crippen LogP contribution in [0.3, 0.4) is 0 Å². The molecule has 2 aromatic heterocycles. The fourth-order valence-corrected chi connectivity index (χ4v) is 4.50. The predicted octanol–water partition coefficient (Wildman–Crippen LogP) is 3.28. The van der Waals surface area contributed by atoms with E-state index in [-0.39, 0.29) is 29.5 Å². The number of nitrogens with one attached hydrogen (secondary N) is 1. The monoisotopic (exact) mass is 469 g/mol. The molecule has 1 saturated carbocycles. The van der Waals surface area contributed by atoms with Crippen LogP contribution in [0.4, 0.5) is 20.3 Å². The second-order valence-electron chi connectivity index (χ2n) is 8.73. The molecule has 9 nitrogen and oxygen atoms in total. The summed E-state index contributed by atoms with van der Waals surface area (Å²) < 4.78 is 31.7. The molecule has 5 rings (SSSR count). The van der Waals surface area contributed by atoms with Crippen molar-refractivity contribution in [2.45, 2.75) is 25.7 Å². The van der Waals surface area contributed by atoms with Crippen molar-refractivity contribution in [3.05, 3.63) is 65.5 Å². The van der Waals surface area contributed by atoms with E-state index < -0.39 is 23.5 Å². The first-order valence-electron chi connectivity index (χ1n) is 10.8. The van der Waals surface area contributed by atoms with Crippen LogP contribution < -0.4 is 10.2 Å². The van der Waals surface area contributed by atoms with Gasteiger partial charge in [0.05, 0.1) is 24.2 Å². The number of halogens is 2. The molecule has 3 heterocycles. The molecular formula is C23H21F2N5O4. The Morgan fingerprint density at radius 1 is 1.15 bits per heavy atom. The lowest BCUT2D eigenvalue weighted by Crippen LogP contribution is -2.36. The number of carboxylic acids is 1. The Kier molecular flexibility index (Phi) is 5.46. The van der Waals surface area contributed by atoms with Crippen molar-refractivity contribution in [3.63, 3.8) is 0 Å². The summed E-state index contributed by atoms with van der Waals surface area (Å²) in [5, 5.41) is 19.3. The second kappa shape index (κ2) is 8.47. The number of pyridine rings is 1. The Hall–Kier alpha value is -3.89. The van der Waals surface area contributed by atoms with Gasteiger partial charge in [-0.1, -0.05) is 6.07 Å². The van der Waals surface area contributed by atoms with Gasteiger partial charge in [-0.05, 0) is 54.5 Å². The van der Waals surface area contributed by atoms with Gasteiger partial charge in [-0.15, -0.1) is 10.2 Å². The van der Waals surface area contributed by atoms with Crippen LogP contribution in [-0.4, -0.2) is 45.3 Å². The quantitative estimate of drug-likeness (QED) is 0.564. The largest absolute Gasteiger partial charge is 0.481 e. The third-order valence-electron chi connectivity index (χ3n) is 6.58. The summed E-state index contributed by atoms with van der Waals surface area (Å²) in [7, 11) is 0. The number of carbonyl (C=O) groups excluding carboxylic acids is 1. The van der Waals surface area contributed by atoms with Gasteiger partial charge in [-0.25, -0.2) is 13.8 Å². The van der Waals surface area contributed by atoms with Gasteiger partial charge in [0.1, 0.15) is 5.82 Å². The van der Waals surface area contributed by atoms with Crippen molar-refractivity contribution in [1.82, 2.24) is 15.2 Å². The predicted molar refractivity (Wildman–Crippen MR) is 115 cm³/mol. The molecule has 1 unspecified atom stereocenters.